The van der Waals surface area contributed by atoms with E-state index in [0.29, 0.717) is 15.1 Å². The minimum atomic E-state index is -0.129. The number of thioether (sulfide) groups is 1. The van der Waals surface area contributed by atoms with Crippen LogP contribution in [0.3, 0.4) is 0 Å². The Morgan fingerprint density at radius 2 is 1.73 bits per heavy atom. The quantitative estimate of drug-likeness (QED) is 0.730. The maximum Gasteiger partial charge on any atom is 0.264 e. The highest BCUT2D eigenvalue weighted by atomic mass is 35.5. The number of rotatable bonds is 5. The Bertz CT molecular complexity index is 840. The smallest absolute Gasteiger partial charge is 0.264 e. The Kier molecular flexibility index (Phi) is 6.01. The summed E-state index contributed by atoms with van der Waals surface area (Å²) in [5.41, 5.74) is 2.93. The van der Waals surface area contributed by atoms with Crippen molar-refractivity contribution in [2.24, 2.45) is 4.99 Å². The first-order chi connectivity index (χ1) is 12.6. The fourth-order valence-corrected chi connectivity index (χ4v) is 3.60. The number of aliphatic imine (C=N–C) groups is 1. The number of nitrogens with one attached hydrogen (secondary N) is 1. The van der Waals surface area contributed by atoms with Crippen molar-refractivity contribution in [3.8, 4) is 0 Å². The molecule has 6 heteroatoms. The maximum atomic E-state index is 12.2. The van der Waals surface area contributed by atoms with E-state index in [9.17, 15) is 4.79 Å². The van der Waals surface area contributed by atoms with Crippen molar-refractivity contribution in [2.45, 2.75) is 13.8 Å². The monoisotopic (exact) mass is 385 g/mol. The molecule has 3 rings (SSSR count). The van der Waals surface area contributed by atoms with Crippen molar-refractivity contribution in [3.05, 3.63) is 64.0 Å². The topological polar surface area (TPSA) is 44.7 Å². The van der Waals surface area contributed by atoms with E-state index < -0.39 is 0 Å². The van der Waals surface area contributed by atoms with Crippen molar-refractivity contribution < 1.29 is 4.79 Å². The third-order valence-corrected chi connectivity index (χ3v) is 5.19. The summed E-state index contributed by atoms with van der Waals surface area (Å²) in [6.07, 6.45) is 1.89. The highest BCUT2D eigenvalue weighted by Gasteiger charge is 2.23. The molecule has 1 N–H and O–H groups in total. The molecule has 0 aromatic heterocycles. The van der Waals surface area contributed by atoms with Crippen LogP contribution in [-0.2, 0) is 4.79 Å². The predicted molar refractivity (Wildman–Crippen MR) is 112 cm³/mol. The number of benzene rings is 2. The Morgan fingerprint density at radius 3 is 2.35 bits per heavy atom. The second-order valence-electron chi connectivity index (χ2n) is 5.72. The van der Waals surface area contributed by atoms with E-state index in [2.05, 4.69) is 41.2 Å². The number of nitrogens with zero attached hydrogens (tertiary/aromatic N) is 2. The summed E-state index contributed by atoms with van der Waals surface area (Å²) < 4.78 is 0. The van der Waals surface area contributed by atoms with Gasteiger partial charge in [-0.1, -0.05) is 23.7 Å². The van der Waals surface area contributed by atoms with Crippen LogP contribution in [-0.4, -0.2) is 24.2 Å². The molecule has 0 unspecified atom stereocenters. The molecule has 2 aromatic carbocycles. The molecule has 0 saturated carbocycles. The van der Waals surface area contributed by atoms with Gasteiger partial charge in [0.05, 0.1) is 10.6 Å². The zero-order valence-corrected chi connectivity index (χ0v) is 16.3. The second kappa shape index (κ2) is 8.43. The molecular formula is C20H20ClN3OS. The summed E-state index contributed by atoms with van der Waals surface area (Å²) in [6, 6.07) is 15.4. The van der Waals surface area contributed by atoms with Gasteiger partial charge < -0.3 is 10.2 Å². The standard InChI is InChI=1S/C20H20ClN3OS/c1-3-24(4-2)17-11-5-14(6-12-17)13-18-19(25)23-20(26-18)22-16-9-7-15(21)8-10-16/h5-13H,3-4H2,1-2H3,(H,22,23,25)/b18-13-. The first-order valence-electron chi connectivity index (χ1n) is 8.49. The molecule has 1 aliphatic rings. The zero-order valence-electron chi connectivity index (χ0n) is 14.7. The van der Waals surface area contributed by atoms with E-state index in [4.69, 9.17) is 11.6 Å². The van der Waals surface area contributed by atoms with Gasteiger partial charge in [0.15, 0.2) is 5.17 Å². The van der Waals surface area contributed by atoms with E-state index in [1.165, 1.54) is 17.4 Å². The van der Waals surface area contributed by atoms with Crippen LogP contribution in [0.1, 0.15) is 19.4 Å². The molecule has 0 spiro atoms. The van der Waals surface area contributed by atoms with Crippen molar-refractivity contribution in [3.63, 3.8) is 0 Å². The van der Waals surface area contributed by atoms with Gasteiger partial charge in [0.25, 0.3) is 5.91 Å². The Morgan fingerprint density at radius 1 is 1.08 bits per heavy atom. The van der Waals surface area contributed by atoms with Crippen molar-refractivity contribution in [2.75, 3.05) is 18.0 Å². The van der Waals surface area contributed by atoms with Gasteiger partial charge in [-0.2, -0.15) is 0 Å². The SMILES string of the molecule is CCN(CC)c1ccc(/C=C2\SC(=Nc3ccc(Cl)cc3)NC2=O)cc1. The average molecular weight is 386 g/mol. The second-order valence-corrected chi connectivity index (χ2v) is 7.19. The van der Waals surface area contributed by atoms with Crippen molar-refractivity contribution >= 4 is 51.9 Å². The Balaban J connectivity index is 1.75. The lowest BCUT2D eigenvalue weighted by Gasteiger charge is -2.20. The first kappa shape index (κ1) is 18.5. The number of carbonyl (C=O) groups is 1. The number of amidine groups is 1. The lowest BCUT2D eigenvalue weighted by atomic mass is 10.2. The van der Waals surface area contributed by atoms with Gasteiger partial charge >= 0.3 is 0 Å². The average Bonchev–Trinajstić information content (AvgIpc) is 2.98. The minimum Gasteiger partial charge on any atom is -0.372 e. The van der Waals surface area contributed by atoms with Gasteiger partial charge in [0.1, 0.15) is 0 Å². The van der Waals surface area contributed by atoms with E-state index >= 15 is 0 Å². The predicted octanol–water partition coefficient (Wildman–Crippen LogP) is 5.08. The molecule has 0 atom stereocenters. The van der Waals surface area contributed by atoms with Crippen LogP contribution in [0.25, 0.3) is 6.08 Å². The third kappa shape index (κ3) is 4.48. The normalized spacial score (nSPS) is 17.0. The van der Waals surface area contributed by atoms with Gasteiger partial charge in [-0.3, -0.25) is 4.79 Å². The largest absolute Gasteiger partial charge is 0.372 e. The highest BCUT2D eigenvalue weighted by molar-refractivity contribution is 8.18. The summed E-state index contributed by atoms with van der Waals surface area (Å²) in [6.45, 7) is 6.22. The number of hydrogen-bond donors (Lipinski definition) is 1. The van der Waals surface area contributed by atoms with E-state index in [1.54, 1.807) is 12.1 Å². The number of halogens is 1. The molecule has 1 heterocycles. The highest BCUT2D eigenvalue weighted by Crippen LogP contribution is 2.29. The number of carbonyl (C=O) groups excluding carboxylic acids is 1. The number of anilines is 1. The van der Waals surface area contributed by atoms with Crippen LogP contribution in [0.4, 0.5) is 11.4 Å². The molecular weight excluding hydrogens is 366 g/mol. The summed E-state index contributed by atoms with van der Waals surface area (Å²) in [5.74, 6) is -0.129. The lowest BCUT2D eigenvalue weighted by Crippen LogP contribution is -2.21. The van der Waals surface area contributed by atoms with Gasteiger partial charge in [-0.15, -0.1) is 0 Å². The summed E-state index contributed by atoms with van der Waals surface area (Å²) in [7, 11) is 0. The summed E-state index contributed by atoms with van der Waals surface area (Å²) in [5, 5.41) is 4.03. The molecule has 2 aromatic rings. The number of hydrogen-bond acceptors (Lipinski definition) is 4. The van der Waals surface area contributed by atoms with Crippen LogP contribution in [0, 0.1) is 0 Å². The van der Waals surface area contributed by atoms with Gasteiger partial charge in [-0.05, 0) is 73.6 Å². The van der Waals surface area contributed by atoms with Crippen LogP contribution in [0.5, 0.6) is 0 Å². The van der Waals surface area contributed by atoms with Crippen molar-refractivity contribution in [1.29, 1.82) is 0 Å². The fraction of sp³-hybridized carbons (Fsp3) is 0.200. The summed E-state index contributed by atoms with van der Waals surface area (Å²) in [4.78, 5) is 19.5. The molecule has 26 heavy (non-hydrogen) atoms. The van der Waals surface area contributed by atoms with Gasteiger partial charge in [-0.25, -0.2) is 4.99 Å². The van der Waals surface area contributed by atoms with Crippen molar-refractivity contribution in [1.82, 2.24) is 5.32 Å². The zero-order chi connectivity index (χ0) is 18.5. The van der Waals surface area contributed by atoms with Crippen LogP contribution in [0.2, 0.25) is 5.02 Å². The lowest BCUT2D eigenvalue weighted by molar-refractivity contribution is -0.115. The van der Waals surface area contributed by atoms with Crippen LogP contribution < -0.4 is 10.2 Å². The van der Waals surface area contributed by atoms with E-state index in [0.717, 1.165) is 24.3 Å². The molecule has 0 radical (unpaired) electrons. The molecule has 0 bridgehead atoms. The first-order valence-corrected chi connectivity index (χ1v) is 9.68. The molecule has 1 fully saturated rings. The number of amides is 1. The fourth-order valence-electron chi connectivity index (χ4n) is 2.63. The Hall–Kier alpha value is -2.24. The van der Waals surface area contributed by atoms with Crippen LogP contribution in [0.15, 0.2) is 58.4 Å². The van der Waals surface area contributed by atoms with E-state index in [1.807, 2.05) is 30.3 Å². The molecule has 1 aliphatic heterocycles. The van der Waals surface area contributed by atoms with Crippen LogP contribution >= 0.6 is 23.4 Å². The molecule has 0 aliphatic carbocycles. The molecule has 4 nitrogen and oxygen atoms in total. The Labute approximate surface area is 163 Å². The minimum absolute atomic E-state index is 0.129. The summed E-state index contributed by atoms with van der Waals surface area (Å²) >= 11 is 7.22. The van der Waals surface area contributed by atoms with E-state index in [-0.39, 0.29) is 5.91 Å². The molecule has 1 amide bonds. The third-order valence-electron chi connectivity index (χ3n) is 4.03. The maximum absolute atomic E-state index is 12.2. The molecule has 134 valence electrons. The molecule has 1 saturated heterocycles. The van der Waals surface area contributed by atoms with Gasteiger partial charge in [0, 0.05) is 23.8 Å². The van der Waals surface area contributed by atoms with Gasteiger partial charge in [0.2, 0.25) is 0 Å².